The van der Waals surface area contributed by atoms with Gasteiger partial charge in [0.25, 0.3) is 0 Å². The molecule has 0 bridgehead atoms. The predicted octanol–water partition coefficient (Wildman–Crippen LogP) is 2.85. The van der Waals surface area contributed by atoms with E-state index in [0.29, 0.717) is 22.9 Å². The first-order valence-electron chi connectivity index (χ1n) is 7.52. The summed E-state index contributed by atoms with van der Waals surface area (Å²) in [6.07, 6.45) is 0. The van der Waals surface area contributed by atoms with Crippen molar-refractivity contribution in [2.45, 2.75) is 26.0 Å². The lowest BCUT2D eigenvalue weighted by Crippen LogP contribution is -2.24. The van der Waals surface area contributed by atoms with Crippen LogP contribution in [0.2, 0.25) is 0 Å². The Morgan fingerprint density at radius 2 is 1.96 bits per heavy atom. The molecule has 0 saturated carbocycles. The quantitative estimate of drug-likeness (QED) is 0.459. The van der Waals surface area contributed by atoms with Gasteiger partial charge < -0.3 is 14.6 Å². The number of aromatic nitrogens is 1. The average molecular weight is 362 g/mol. The summed E-state index contributed by atoms with van der Waals surface area (Å²) < 4.78 is 10.0. The molecule has 1 aromatic carbocycles. The number of thioether (sulfide) groups is 1. The first-order chi connectivity index (χ1) is 11.8. The zero-order valence-corrected chi connectivity index (χ0v) is 14.9. The van der Waals surface area contributed by atoms with Gasteiger partial charge >= 0.3 is 5.97 Å². The molecule has 2 aromatic rings. The van der Waals surface area contributed by atoms with Crippen LogP contribution in [0.15, 0.2) is 34.9 Å². The molecule has 0 aliphatic rings. The van der Waals surface area contributed by atoms with E-state index < -0.39 is 11.2 Å². The van der Waals surface area contributed by atoms with E-state index in [1.54, 1.807) is 44.2 Å². The molecule has 0 saturated heterocycles. The number of nitrogens with one attached hydrogen (secondary N) is 1. The number of nitrogens with zero attached hydrogens (tertiary/aromatic N) is 1. The largest absolute Gasteiger partial charge is 0.426 e. The van der Waals surface area contributed by atoms with Crippen LogP contribution in [0.4, 0.5) is 5.82 Å². The van der Waals surface area contributed by atoms with Gasteiger partial charge in [0.2, 0.25) is 5.91 Å². The molecule has 1 N–H and O–H groups in total. The van der Waals surface area contributed by atoms with Crippen molar-refractivity contribution in [1.29, 1.82) is 0 Å². The maximum Gasteiger partial charge on any atom is 0.321 e. The van der Waals surface area contributed by atoms with E-state index in [9.17, 15) is 14.4 Å². The van der Waals surface area contributed by atoms with Crippen molar-refractivity contribution in [3.8, 4) is 5.75 Å². The molecule has 7 nitrogen and oxygen atoms in total. The molecule has 0 aliphatic carbocycles. The lowest BCUT2D eigenvalue weighted by Gasteiger charge is -2.10. The van der Waals surface area contributed by atoms with Crippen molar-refractivity contribution in [2.24, 2.45) is 0 Å². The van der Waals surface area contributed by atoms with Crippen LogP contribution in [-0.4, -0.2) is 33.8 Å². The van der Waals surface area contributed by atoms with Gasteiger partial charge in [-0.3, -0.25) is 14.4 Å². The maximum atomic E-state index is 12.0. The van der Waals surface area contributed by atoms with E-state index in [1.807, 2.05) is 0 Å². The van der Waals surface area contributed by atoms with Crippen molar-refractivity contribution < 1.29 is 23.6 Å². The topological polar surface area (TPSA) is 98.5 Å². The minimum Gasteiger partial charge on any atom is -0.426 e. The van der Waals surface area contributed by atoms with Crippen LogP contribution in [0, 0.1) is 6.92 Å². The van der Waals surface area contributed by atoms with E-state index in [2.05, 4.69) is 10.5 Å². The molecule has 25 heavy (non-hydrogen) atoms. The second kappa shape index (κ2) is 8.48. The van der Waals surface area contributed by atoms with E-state index >= 15 is 0 Å². The molecule has 0 aliphatic heterocycles. The summed E-state index contributed by atoms with van der Waals surface area (Å²) in [5.41, 5.74) is 0.544. The number of ketones is 1. The van der Waals surface area contributed by atoms with Gasteiger partial charge in [-0.25, -0.2) is 0 Å². The molecule has 1 atom stereocenters. The summed E-state index contributed by atoms with van der Waals surface area (Å²) in [6, 6.07) is 7.90. The Bertz CT molecular complexity index is 770. The monoisotopic (exact) mass is 362 g/mol. The number of carbonyl (C=O) groups excluding carboxylic acids is 3. The number of benzene rings is 1. The standard InChI is InChI=1S/C17H18N2O5S/c1-10-8-15(19-24-10)18-17(22)12(3)25-9-16(21)23-14-6-4-13(5-7-14)11(2)20/h4-8,12H,9H2,1-3H3,(H,18,19,22)/t12-/m0/s1. The third kappa shape index (κ3) is 5.75. The second-order valence-corrected chi connectivity index (χ2v) is 6.65. The number of esters is 1. The second-order valence-electron chi connectivity index (χ2n) is 5.32. The highest BCUT2D eigenvalue weighted by Crippen LogP contribution is 2.17. The number of rotatable bonds is 7. The molecular formula is C17H18N2O5S. The normalized spacial score (nSPS) is 11.6. The zero-order chi connectivity index (χ0) is 18.4. The van der Waals surface area contributed by atoms with Crippen molar-refractivity contribution in [1.82, 2.24) is 5.16 Å². The maximum absolute atomic E-state index is 12.0. The number of ether oxygens (including phenoxy) is 1. The first kappa shape index (κ1) is 18.7. The smallest absolute Gasteiger partial charge is 0.321 e. The Balaban J connectivity index is 1.78. The number of hydrogen-bond acceptors (Lipinski definition) is 7. The molecule has 0 fully saturated rings. The number of carbonyl (C=O) groups is 3. The molecule has 8 heteroatoms. The van der Waals surface area contributed by atoms with Gasteiger partial charge in [-0.05, 0) is 45.0 Å². The van der Waals surface area contributed by atoms with Crippen LogP contribution in [0.1, 0.15) is 30.0 Å². The fourth-order valence-corrected chi connectivity index (χ4v) is 2.50. The molecule has 0 radical (unpaired) electrons. The minimum absolute atomic E-state index is 0.0148. The minimum atomic E-state index is -0.475. The van der Waals surface area contributed by atoms with E-state index in [1.165, 1.54) is 6.92 Å². The van der Waals surface area contributed by atoms with Crippen molar-refractivity contribution in [3.05, 3.63) is 41.7 Å². The Kier molecular flexibility index (Phi) is 6.35. The Morgan fingerprint density at radius 3 is 2.52 bits per heavy atom. The predicted molar refractivity (Wildman–Crippen MR) is 93.9 cm³/mol. The van der Waals surface area contributed by atoms with Crippen LogP contribution in [-0.2, 0) is 9.59 Å². The third-order valence-electron chi connectivity index (χ3n) is 3.19. The summed E-state index contributed by atoms with van der Waals surface area (Å²) in [5.74, 6) is 0.481. The summed E-state index contributed by atoms with van der Waals surface area (Å²) in [5, 5.41) is 5.81. The number of hydrogen-bond donors (Lipinski definition) is 1. The van der Waals surface area contributed by atoms with E-state index in [-0.39, 0.29) is 17.4 Å². The van der Waals surface area contributed by atoms with Gasteiger partial charge in [0, 0.05) is 11.6 Å². The summed E-state index contributed by atoms with van der Waals surface area (Å²) >= 11 is 1.15. The van der Waals surface area contributed by atoms with Gasteiger partial charge in [-0.2, -0.15) is 0 Å². The SMILES string of the molecule is CC(=O)c1ccc(OC(=O)CS[C@@H](C)C(=O)Nc2cc(C)on2)cc1. The van der Waals surface area contributed by atoms with Crippen LogP contribution in [0.3, 0.4) is 0 Å². The van der Waals surface area contributed by atoms with Crippen molar-refractivity contribution in [2.75, 3.05) is 11.1 Å². The van der Waals surface area contributed by atoms with Crippen molar-refractivity contribution >= 4 is 35.2 Å². The number of anilines is 1. The summed E-state index contributed by atoms with van der Waals surface area (Å²) in [7, 11) is 0. The van der Waals surface area contributed by atoms with Gasteiger partial charge in [-0.1, -0.05) is 5.16 Å². The zero-order valence-electron chi connectivity index (χ0n) is 14.1. The molecule has 0 unspecified atom stereocenters. The van der Waals surface area contributed by atoms with E-state index in [0.717, 1.165) is 11.8 Å². The van der Waals surface area contributed by atoms with Gasteiger partial charge in [0.15, 0.2) is 11.6 Å². The van der Waals surface area contributed by atoms with Crippen LogP contribution >= 0.6 is 11.8 Å². The molecular weight excluding hydrogens is 344 g/mol. The molecule has 1 heterocycles. The molecule has 132 valence electrons. The fraction of sp³-hybridized carbons (Fsp3) is 0.294. The number of Topliss-reactive ketones (excluding diaryl/α,β-unsaturated/α-hetero) is 1. The first-order valence-corrected chi connectivity index (χ1v) is 8.57. The highest BCUT2D eigenvalue weighted by molar-refractivity contribution is 8.01. The van der Waals surface area contributed by atoms with Crippen molar-refractivity contribution in [3.63, 3.8) is 0 Å². The van der Waals surface area contributed by atoms with Crippen LogP contribution in [0.25, 0.3) is 0 Å². The highest BCUT2D eigenvalue weighted by atomic mass is 32.2. The summed E-state index contributed by atoms with van der Waals surface area (Å²) in [4.78, 5) is 35.0. The molecule has 2 rings (SSSR count). The van der Waals surface area contributed by atoms with Crippen LogP contribution < -0.4 is 10.1 Å². The molecule has 1 amide bonds. The highest BCUT2D eigenvalue weighted by Gasteiger charge is 2.17. The lowest BCUT2D eigenvalue weighted by atomic mass is 10.1. The van der Waals surface area contributed by atoms with Crippen LogP contribution in [0.5, 0.6) is 5.75 Å². The fourth-order valence-electron chi connectivity index (χ4n) is 1.84. The van der Waals surface area contributed by atoms with Gasteiger partial charge in [0.1, 0.15) is 11.5 Å². The summed E-state index contributed by atoms with van der Waals surface area (Å²) in [6.45, 7) is 4.87. The number of aryl methyl sites for hydroxylation is 1. The van der Waals surface area contributed by atoms with E-state index in [4.69, 9.17) is 9.26 Å². The Morgan fingerprint density at radius 1 is 1.28 bits per heavy atom. The molecule has 0 spiro atoms. The number of amides is 1. The average Bonchev–Trinajstić information content (AvgIpc) is 2.98. The molecule has 1 aromatic heterocycles. The van der Waals surface area contributed by atoms with Gasteiger partial charge in [0.05, 0.1) is 11.0 Å². The third-order valence-corrected chi connectivity index (χ3v) is 4.31. The Hall–Kier alpha value is -2.61. The lowest BCUT2D eigenvalue weighted by molar-refractivity contribution is -0.131. The Labute approximate surface area is 149 Å². The van der Waals surface area contributed by atoms with Gasteiger partial charge in [-0.15, -0.1) is 11.8 Å².